The molecule has 0 saturated heterocycles. The van der Waals surface area contributed by atoms with Gasteiger partial charge < -0.3 is 5.73 Å². The normalized spacial score (nSPS) is 10.4. The van der Waals surface area contributed by atoms with Gasteiger partial charge in [-0.2, -0.15) is 5.26 Å². The summed E-state index contributed by atoms with van der Waals surface area (Å²) in [5.41, 5.74) is 8.99. The van der Waals surface area contributed by atoms with E-state index < -0.39 is 17.5 Å². The van der Waals surface area contributed by atoms with Crippen molar-refractivity contribution in [3.8, 4) is 17.3 Å². The minimum absolute atomic E-state index is 0.319. The molecule has 1 heterocycles. The van der Waals surface area contributed by atoms with Gasteiger partial charge in [-0.3, -0.25) is 9.78 Å². The Labute approximate surface area is 154 Å². The molecule has 0 radical (unpaired) electrons. The van der Waals surface area contributed by atoms with Crippen molar-refractivity contribution in [3.05, 3.63) is 88.1 Å². The first kappa shape index (κ1) is 18.2. The van der Waals surface area contributed by atoms with E-state index >= 15 is 0 Å². The molecule has 134 valence electrons. The molecule has 1 amide bonds. The number of carbonyl (C=O) groups excluding carboxylic acids is 1. The highest BCUT2D eigenvalue weighted by molar-refractivity contribution is 5.94. The van der Waals surface area contributed by atoms with Crippen molar-refractivity contribution in [1.82, 2.24) is 4.98 Å². The number of hydrogen-bond acceptors (Lipinski definition) is 3. The summed E-state index contributed by atoms with van der Waals surface area (Å²) in [6.45, 7) is 1.79. The molecule has 0 unspecified atom stereocenters. The largest absolute Gasteiger partial charge is 0.366 e. The van der Waals surface area contributed by atoms with Crippen LogP contribution in [-0.4, -0.2) is 10.9 Å². The van der Waals surface area contributed by atoms with E-state index in [0.29, 0.717) is 23.2 Å². The molecule has 1 aromatic heterocycles. The highest BCUT2D eigenvalue weighted by Gasteiger charge is 2.12. The summed E-state index contributed by atoms with van der Waals surface area (Å²) in [4.78, 5) is 15.7. The lowest BCUT2D eigenvalue weighted by Crippen LogP contribution is -2.12. The summed E-state index contributed by atoms with van der Waals surface area (Å²) in [5, 5.41) is 8.91. The first-order valence-electron chi connectivity index (χ1n) is 8.13. The molecule has 0 atom stereocenters. The number of aryl methyl sites for hydroxylation is 1. The van der Waals surface area contributed by atoms with E-state index in [0.717, 1.165) is 22.8 Å². The van der Waals surface area contributed by atoms with Crippen LogP contribution in [0.4, 0.5) is 8.78 Å². The number of nitrogens with zero attached hydrogens (tertiary/aromatic N) is 2. The zero-order valence-electron chi connectivity index (χ0n) is 14.5. The molecular formula is C21H15F2N3O. The van der Waals surface area contributed by atoms with E-state index in [1.807, 2.05) is 12.1 Å². The molecule has 0 saturated carbocycles. The Morgan fingerprint density at radius 2 is 1.93 bits per heavy atom. The first-order valence-corrected chi connectivity index (χ1v) is 8.13. The molecule has 0 aliphatic heterocycles. The summed E-state index contributed by atoms with van der Waals surface area (Å²) in [5.74, 6) is -2.68. The minimum Gasteiger partial charge on any atom is -0.366 e. The molecule has 0 bridgehead atoms. The minimum atomic E-state index is -1.14. The maximum atomic E-state index is 13.6. The van der Waals surface area contributed by atoms with Crippen LogP contribution in [-0.2, 0) is 6.42 Å². The van der Waals surface area contributed by atoms with E-state index in [1.165, 1.54) is 6.07 Å². The van der Waals surface area contributed by atoms with Crippen molar-refractivity contribution in [3.63, 3.8) is 0 Å². The average Bonchev–Trinajstić information content (AvgIpc) is 2.64. The van der Waals surface area contributed by atoms with Crippen LogP contribution in [0.2, 0.25) is 0 Å². The van der Waals surface area contributed by atoms with Crippen molar-refractivity contribution in [2.45, 2.75) is 13.3 Å². The number of benzene rings is 2. The highest BCUT2D eigenvalue weighted by atomic mass is 19.2. The van der Waals surface area contributed by atoms with Crippen LogP contribution in [0.15, 0.2) is 48.7 Å². The maximum absolute atomic E-state index is 13.6. The van der Waals surface area contributed by atoms with Gasteiger partial charge in [0, 0.05) is 17.3 Å². The monoisotopic (exact) mass is 363 g/mol. The number of amides is 1. The lowest BCUT2D eigenvalue weighted by Gasteiger charge is -2.08. The zero-order chi connectivity index (χ0) is 19.6. The lowest BCUT2D eigenvalue weighted by atomic mass is 9.99. The number of nitrogens with two attached hydrogens (primary N) is 1. The zero-order valence-corrected chi connectivity index (χ0v) is 14.5. The fraction of sp³-hybridized carbons (Fsp3) is 0.0952. The van der Waals surface area contributed by atoms with Gasteiger partial charge in [-0.1, -0.05) is 6.07 Å². The molecule has 3 rings (SSSR count). The topological polar surface area (TPSA) is 79.8 Å². The Morgan fingerprint density at radius 3 is 2.59 bits per heavy atom. The number of hydrogen-bond donors (Lipinski definition) is 1. The van der Waals surface area contributed by atoms with Gasteiger partial charge in [0.2, 0.25) is 5.91 Å². The first-order chi connectivity index (χ1) is 12.9. The van der Waals surface area contributed by atoms with Crippen molar-refractivity contribution in [2.75, 3.05) is 0 Å². The fourth-order valence-corrected chi connectivity index (χ4v) is 2.91. The van der Waals surface area contributed by atoms with E-state index in [-0.39, 0.29) is 5.56 Å². The molecule has 0 aliphatic rings. The Kier molecular flexibility index (Phi) is 4.95. The van der Waals surface area contributed by atoms with Crippen LogP contribution >= 0.6 is 0 Å². The van der Waals surface area contributed by atoms with Gasteiger partial charge in [-0.05, 0) is 66.4 Å². The summed E-state index contributed by atoms with van der Waals surface area (Å²) < 4.78 is 27.1. The van der Waals surface area contributed by atoms with Crippen LogP contribution in [0, 0.1) is 29.9 Å². The van der Waals surface area contributed by atoms with Crippen LogP contribution in [0.1, 0.15) is 32.6 Å². The van der Waals surface area contributed by atoms with Crippen LogP contribution < -0.4 is 5.73 Å². The number of carbonyl (C=O) groups is 1. The predicted octanol–water partition coefficient (Wildman–Crippen LogP) is 3.90. The van der Waals surface area contributed by atoms with Gasteiger partial charge >= 0.3 is 0 Å². The summed E-state index contributed by atoms with van der Waals surface area (Å²) in [6.07, 6.45) is 1.94. The summed E-state index contributed by atoms with van der Waals surface area (Å²) in [7, 11) is 0. The van der Waals surface area contributed by atoms with Crippen molar-refractivity contribution < 1.29 is 13.6 Å². The molecule has 4 nitrogen and oxygen atoms in total. The SMILES string of the molecule is Cc1cc(-c2cc(Cc3cc(F)c(F)c(C#N)c3)ccn2)ccc1C(N)=O. The third-order valence-electron chi connectivity index (χ3n) is 4.23. The lowest BCUT2D eigenvalue weighted by molar-refractivity contribution is 0.0999. The van der Waals surface area contributed by atoms with Gasteiger partial charge in [-0.25, -0.2) is 8.78 Å². The Hall–Kier alpha value is -3.59. The molecule has 27 heavy (non-hydrogen) atoms. The van der Waals surface area contributed by atoms with Crippen molar-refractivity contribution in [1.29, 1.82) is 5.26 Å². The van der Waals surface area contributed by atoms with E-state index in [4.69, 9.17) is 11.0 Å². The standard InChI is InChI=1S/C21H15F2N3O/c1-12-6-15(2-3-17(12)21(25)27)19-10-13(4-5-26-19)7-14-8-16(11-24)20(23)18(22)9-14/h2-6,8-10H,7H2,1H3,(H2,25,27). The second-order valence-corrected chi connectivity index (χ2v) is 6.17. The fourth-order valence-electron chi connectivity index (χ4n) is 2.91. The molecular weight excluding hydrogens is 348 g/mol. The van der Waals surface area contributed by atoms with Crippen LogP contribution in [0.25, 0.3) is 11.3 Å². The van der Waals surface area contributed by atoms with E-state index in [1.54, 1.807) is 37.4 Å². The predicted molar refractivity (Wildman–Crippen MR) is 96.8 cm³/mol. The average molecular weight is 363 g/mol. The number of nitriles is 1. The third kappa shape index (κ3) is 3.82. The molecule has 0 spiro atoms. The smallest absolute Gasteiger partial charge is 0.248 e. The third-order valence-corrected chi connectivity index (χ3v) is 4.23. The highest BCUT2D eigenvalue weighted by Crippen LogP contribution is 2.23. The van der Waals surface area contributed by atoms with Crippen molar-refractivity contribution >= 4 is 5.91 Å². The maximum Gasteiger partial charge on any atom is 0.248 e. The van der Waals surface area contributed by atoms with Gasteiger partial charge in [0.15, 0.2) is 11.6 Å². The number of aromatic nitrogens is 1. The molecule has 3 aromatic rings. The quantitative estimate of drug-likeness (QED) is 0.763. The van der Waals surface area contributed by atoms with Gasteiger partial charge in [0.1, 0.15) is 6.07 Å². The molecule has 0 fully saturated rings. The Bertz CT molecular complexity index is 1090. The summed E-state index contributed by atoms with van der Waals surface area (Å²) in [6, 6.07) is 12.9. The van der Waals surface area contributed by atoms with E-state index in [2.05, 4.69) is 4.98 Å². The number of primary amides is 1. The van der Waals surface area contributed by atoms with E-state index in [9.17, 15) is 13.6 Å². The van der Waals surface area contributed by atoms with Gasteiger partial charge in [-0.15, -0.1) is 0 Å². The number of rotatable bonds is 4. The molecule has 0 aliphatic carbocycles. The van der Waals surface area contributed by atoms with Gasteiger partial charge in [0.05, 0.1) is 11.3 Å². The second-order valence-electron chi connectivity index (χ2n) is 6.17. The molecule has 2 N–H and O–H groups in total. The molecule has 6 heteroatoms. The van der Waals surface area contributed by atoms with Gasteiger partial charge in [0.25, 0.3) is 0 Å². The Balaban J connectivity index is 1.93. The molecule has 2 aromatic carbocycles. The number of pyridine rings is 1. The second kappa shape index (κ2) is 7.34. The van der Waals surface area contributed by atoms with Crippen LogP contribution in [0.5, 0.6) is 0 Å². The number of halogens is 2. The summed E-state index contributed by atoms with van der Waals surface area (Å²) >= 11 is 0. The van der Waals surface area contributed by atoms with Crippen molar-refractivity contribution in [2.24, 2.45) is 5.73 Å². The van der Waals surface area contributed by atoms with Crippen LogP contribution in [0.3, 0.4) is 0 Å². The Morgan fingerprint density at radius 1 is 1.15 bits per heavy atom.